The van der Waals surface area contributed by atoms with Gasteiger partial charge in [0.05, 0.1) is 28.7 Å². The lowest BCUT2D eigenvalue weighted by Crippen LogP contribution is -2.44. The Morgan fingerprint density at radius 3 is 2.26 bits per heavy atom. The highest BCUT2D eigenvalue weighted by atomic mass is 16.6. The lowest BCUT2D eigenvalue weighted by atomic mass is 9.73. The number of alkyl carbamates (subject to hydrolysis) is 1. The molecule has 39 heavy (non-hydrogen) atoms. The van der Waals surface area contributed by atoms with Crippen molar-refractivity contribution in [3.63, 3.8) is 0 Å². The average Bonchev–Trinajstić information content (AvgIpc) is 2.91. The van der Waals surface area contributed by atoms with Crippen molar-refractivity contribution < 1.29 is 44.5 Å². The molecule has 3 aromatic carbocycles. The molecule has 12 heteroatoms. The Morgan fingerprint density at radius 1 is 1.03 bits per heavy atom. The smallest absolute Gasteiger partial charge is 0.407 e. The van der Waals surface area contributed by atoms with Gasteiger partial charge in [0, 0.05) is 46.7 Å². The number of carbonyl (C=O) groups excluding carboxylic acids is 3. The van der Waals surface area contributed by atoms with Crippen LogP contribution in [0.2, 0.25) is 0 Å². The Bertz CT molecular complexity index is 1570. The van der Waals surface area contributed by atoms with Crippen LogP contribution in [0.5, 0.6) is 11.5 Å². The minimum absolute atomic E-state index is 0.0370. The van der Waals surface area contributed by atoms with Crippen LogP contribution in [-0.4, -0.2) is 55.2 Å². The number of phenolic OH excluding ortho intramolecular Hbond substituents is 2. The van der Waals surface area contributed by atoms with Gasteiger partial charge < -0.3 is 30.5 Å². The molecule has 2 atom stereocenters. The fourth-order valence-electron chi connectivity index (χ4n) is 5.15. The number of nitro benzene ring substituents is 1. The van der Waals surface area contributed by atoms with Crippen molar-refractivity contribution in [1.82, 2.24) is 5.32 Å². The lowest BCUT2D eigenvalue weighted by Gasteiger charge is -2.37. The number of rotatable bonds is 5. The molecule has 12 nitrogen and oxygen atoms in total. The Labute approximate surface area is 220 Å². The molecule has 5 N–H and O–H groups in total. The summed E-state index contributed by atoms with van der Waals surface area (Å²) in [6, 6.07) is 11.7. The van der Waals surface area contributed by atoms with Crippen LogP contribution in [0.25, 0.3) is 0 Å². The van der Waals surface area contributed by atoms with Gasteiger partial charge in [0.2, 0.25) is 0 Å². The molecule has 3 aromatic rings. The summed E-state index contributed by atoms with van der Waals surface area (Å²) in [4.78, 5) is 49.1. The predicted molar refractivity (Wildman–Crippen MR) is 133 cm³/mol. The van der Waals surface area contributed by atoms with Crippen LogP contribution in [0.15, 0.2) is 48.5 Å². The van der Waals surface area contributed by atoms with Gasteiger partial charge >= 0.3 is 6.09 Å². The van der Waals surface area contributed by atoms with Gasteiger partial charge in [-0.05, 0) is 0 Å². The van der Waals surface area contributed by atoms with E-state index in [1.54, 1.807) is 18.2 Å². The first-order valence-electron chi connectivity index (χ1n) is 11.8. The molecule has 0 aliphatic heterocycles. The number of hydrogen-bond acceptors (Lipinski definition) is 10. The van der Waals surface area contributed by atoms with Crippen molar-refractivity contribution >= 4 is 23.3 Å². The fourth-order valence-corrected chi connectivity index (χ4v) is 5.15. The van der Waals surface area contributed by atoms with Crippen LogP contribution in [0, 0.1) is 10.1 Å². The van der Waals surface area contributed by atoms with E-state index in [2.05, 4.69) is 5.32 Å². The second-order valence-corrected chi connectivity index (χ2v) is 9.48. The number of para-hydroxylation sites is 1. The van der Waals surface area contributed by atoms with Gasteiger partial charge in [-0.2, -0.15) is 0 Å². The standard InChI is InChI=1S/C27H22N2O10/c30-18-10-27(36,12-39-26(35)28-11-13-5-1-4-8-17(13)29(37)38)9-16-19(18)25(34)21-20(24(16)33)22(31)14-6-2-3-7-15(14)23(21)32/h1-8,18,30,33-34,36H,9-12H2,(H,28,35)/t18-,27+/m0/s1. The number of carbonyl (C=O) groups is 3. The Kier molecular flexibility index (Phi) is 6.29. The number of aromatic hydroxyl groups is 2. The number of nitro groups is 1. The third kappa shape index (κ3) is 4.35. The van der Waals surface area contributed by atoms with Crippen LogP contribution in [-0.2, 0) is 17.7 Å². The second-order valence-electron chi connectivity index (χ2n) is 9.48. The number of benzene rings is 3. The number of aliphatic hydroxyl groups excluding tert-OH is 1. The Balaban J connectivity index is 1.37. The molecule has 5 rings (SSSR count). The number of ketones is 2. The van der Waals surface area contributed by atoms with Crippen molar-refractivity contribution in [1.29, 1.82) is 0 Å². The van der Waals surface area contributed by atoms with Gasteiger partial charge in [-0.3, -0.25) is 19.7 Å². The van der Waals surface area contributed by atoms with Crippen LogP contribution in [0.3, 0.4) is 0 Å². The zero-order valence-corrected chi connectivity index (χ0v) is 20.2. The van der Waals surface area contributed by atoms with Crippen LogP contribution in [0.4, 0.5) is 10.5 Å². The highest BCUT2D eigenvalue weighted by Gasteiger charge is 2.45. The molecule has 0 saturated heterocycles. The predicted octanol–water partition coefficient (Wildman–Crippen LogP) is 2.42. The van der Waals surface area contributed by atoms with Crippen LogP contribution in [0.1, 0.15) is 61.1 Å². The van der Waals surface area contributed by atoms with E-state index in [1.165, 1.54) is 30.3 Å². The molecule has 0 aromatic heterocycles. The zero-order chi connectivity index (χ0) is 28.1. The van der Waals surface area contributed by atoms with Gasteiger partial charge in [-0.25, -0.2) is 4.79 Å². The highest BCUT2D eigenvalue weighted by Crippen LogP contribution is 2.50. The monoisotopic (exact) mass is 534 g/mol. The van der Waals surface area contributed by atoms with Crippen LogP contribution < -0.4 is 5.32 Å². The summed E-state index contributed by atoms with van der Waals surface area (Å²) in [5, 5.41) is 57.4. The van der Waals surface area contributed by atoms with Gasteiger partial charge in [-0.1, -0.05) is 42.5 Å². The number of nitrogens with one attached hydrogen (secondary N) is 1. The maximum Gasteiger partial charge on any atom is 0.407 e. The topological polar surface area (TPSA) is 197 Å². The summed E-state index contributed by atoms with van der Waals surface area (Å²) in [6.07, 6.45) is -3.43. The zero-order valence-electron chi connectivity index (χ0n) is 20.2. The van der Waals surface area contributed by atoms with E-state index in [1.807, 2.05) is 0 Å². The average molecular weight is 534 g/mol. The van der Waals surface area contributed by atoms with Gasteiger partial charge in [0.15, 0.2) is 11.6 Å². The van der Waals surface area contributed by atoms with Crippen molar-refractivity contribution in [3.8, 4) is 11.5 Å². The number of amides is 1. The van der Waals surface area contributed by atoms with E-state index in [4.69, 9.17) is 4.74 Å². The number of ether oxygens (including phenoxy) is 1. The first-order chi connectivity index (χ1) is 18.5. The second kappa shape index (κ2) is 9.49. The first-order valence-corrected chi connectivity index (χ1v) is 11.8. The summed E-state index contributed by atoms with van der Waals surface area (Å²) < 4.78 is 5.09. The summed E-state index contributed by atoms with van der Waals surface area (Å²) in [7, 11) is 0. The van der Waals surface area contributed by atoms with Crippen molar-refractivity contribution in [2.24, 2.45) is 0 Å². The molecule has 0 saturated carbocycles. The van der Waals surface area contributed by atoms with E-state index >= 15 is 0 Å². The van der Waals surface area contributed by atoms with Crippen molar-refractivity contribution in [2.75, 3.05) is 6.61 Å². The highest BCUT2D eigenvalue weighted by molar-refractivity contribution is 6.30. The van der Waals surface area contributed by atoms with E-state index < -0.39 is 76.4 Å². The summed E-state index contributed by atoms with van der Waals surface area (Å²) in [5.74, 6) is -2.72. The third-order valence-corrected chi connectivity index (χ3v) is 6.96. The number of hydrogen-bond donors (Lipinski definition) is 5. The molecule has 0 bridgehead atoms. The SMILES string of the molecule is O=C(NCc1ccccc1[N+](=O)[O-])OC[C@@]1(O)Cc2c(O)c3c(c(O)c2[C@@H](O)C1)C(=O)c1ccccc1C3=O. The van der Waals surface area contributed by atoms with Gasteiger partial charge in [0.1, 0.15) is 23.7 Å². The number of nitrogens with zero attached hydrogens (tertiary/aromatic N) is 1. The molecule has 0 fully saturated rings. The van der Waals surface area contributed by atoms with Gasteiger partial charge in [0.25, 0.3) is 5.69 Å². The van der Waals surface area contributed by atoms with E-state index in [0.717, 1.165) is 0 Å². The minimum Gasteiger partial charge on any atom is -0.507 e. The third-order valence-electron chi connectivity index (χ3n) is 6.96. The maximum absolute atomic E-state index is 13.2. The largest absolute Gasteiger partial charge is 0.507 e. The molecule has 2 aliphatic rings. The summed E-state index contributed by atoms with van der Waals surface area (Å²) in [5.41, 5.74) is -3.01. The van der Waals surface area contributed by atoms with E-state index in [9.17, 15) is 44.9 Å². The minimum atomic E-state index is -1.92. The molecule has 0 heterocycles. The molecule has 0 spiro atoms. The number of phenols is 2. The molecule has 2 aliphatic carbocycles. The molecular weight excluding hydrogens is 512 g/mol. The molecule has 0 unspecified atom stereocenters. The lowest BCUT2D eigenvalue weighted by molar-refractivity contribution is -0.385. The van der Waals surface area contributed by atoms with Crippen molar-refractivity contribution in [2.45, 2.75) is 31.1 Å². The van der Waals surface area contributed by atoms with E-state index in [0.29, 0.717) is 0 Å². The normalized spacial score (nSPS) is 19.5. The summed E-state index contributed by atoms with van der Waals surface area (Å²) in [6.45, 7) is -0.877. The fraction of sp³-hybridized carbons (Fsp3) is 0.222. The molecule has 1 amide bonds. The summed E-state index contributed by atoms with van der Waals surface area (Å²) >= 11 is 0. The molecular formula is C27H22N2O10. The molecule has 0 radical (unpaired) electrons. The first kappa shape index (κ1) is 25.8. The Hall–Kier alpha value is -4.81. The number of aliphatic hydroxyl groups is 2. The number of fused-ring (bicyclic) bond motifs is 3. The van der Waals surface area contributed by atoms with Gasteiger partial charge in [-0.15, -0.1) is 0 Å². The van der Waals surface area contributed by atoms with Crippen LogP contribution >= 0.6 is 0 Å². The van der Waals surface area contributed by atoms with Crippen molar-refractivity contribution in [3.05, 3.63) is 97.6 Å². The molecule has 200 valence electrons. The Morgan fingerprint density at radius 2 is 1.62 bits per heavy atom. The van der Waals surface area contributed by atoms with E-state index in [-0.39, 0.29) is 40.0 Å². The maximum atomic E-state index is 13.2. The quantitative estimate of drug-likeness (QED) is 0.144.